The Morgan fingerprint density at radius 1 is 1.05 bits per heavy atom. The van der Waals surface area contributed by atoms with Crippen LogP contribution in [0.5, 0.6) is 0 Å². The van der Waals surface area contributed by atoms with E-state index in [9.17, 15) is 18.7 Å². The third kappa shape index (κ3) is 4.33. The van der Waals surface area contributed by atoms with Gasteiger partial charge in [0, 0.05) is 24.8 Å². The van der Waals surface area contributed by atoms with Crippen molar-refractivity contribution in [3.63, 3.8) is 0 Å². The lowest BCUT2D eigenvalue weighted by Crippen LogP contribution is -2.37. The number of carboxylic acid groups (broad SMARTS) is 1. The second kappa shape index (κ2) is 8.97. The fourth-order valence-electron chi connectivity index (χ4n) is 4.41. The van der Waals surface area contributed by atoms with E-state index in [1.165, 1.54) is 29.3 Å². The quantitative estimate of drug-likeness (QED) is 0.349. The van der Waals surface area contributed by atoms with Gasteiger partial charge in [-0.3, -0.25) is 4.68 Å². The van der Waals surface area contributed by atoms with Crippen LogP contribution in [0, 0.1) is 11.8 Å². The van der Waals surface area contributed by atoms with E-state index in [4.69, 9.17) is 10.2 Å². The Kier molecular flexibility index (Phi) is 5.48. The fourth-order valence-corrected chi connectivity index (χ4v) is 4.41. The van der Waals surface area contributed by atoms with Crippen LogP contribution < -0.4 is 5.32 Å². The highest BCUT2D eigenvalue weighted by atomic mass is 19.1. The zero-order valence-corrected chi connectivity index (χ0v) is 19.3. The van der Waals surface area contributed by atoms with Crippen molar-refractivity contribution in [2.24, 2.45) is 0 Å². The Balaban J connectivity index is 1.39. The average molecular weight is 502 g/mol. The molecule has 0 aliphatic carbocycles. The molecule has 186 valence electrons. The molecule has 5 aromatic rings. The molecule has 5 heterocycles. The Labute approximate surface area is 208 Å². The van der Waals surface area contributed by atoms with Crippen molar-refractivity contribution in [1.82, 2.24) is 34.3 Å². The molecule has 1 aliphatic rings. The van der Waals surface area contributed by atoms with Crippen LogP contribution in [0.25, 0.3) is 28.2 Å². The minimum absolute atomic E-state index is 0.151. The molecule has 1 aromatic carbocycles. The molecule has 0 saturated heterocycles. The number of aromatic nitrogens is 6. The summed E-state index contributed by atoms with van der Waals surface area (Å²) in [6.45, 7) is 1.22. The third-order valence-corrected chi connectivity index (χ3v) is 6.21. The van der Waals surface area contributed by atoms with Crippen LogP contribution in [-0.4, -0.2) is 52.0 Å². The zero-order valence-electron chi connectivity index (χ0n) is 19.3. The van der Waals surface area contributed by atoms with Gasteiger partial charge in [-0.2, -0.15) is 14.6 Å². The van der Waals surface area contributed by atoms with Gasteiger partial charge in [-0.1, -0.05) is 0 Å². The lowest BCUT2D eigenvalue weighted by molar-refractivity contribution is 0.131. The second-order valence-electron chi connectivity index (χ2n) is 8.59. The van der Waals surface area contributed by atoms with Crippen LogP contribution in [0.2, 0.25) is 0 Å². The van der Waals surface area contributed by atoms with Crippen molar-refractivity contribution in [3.8, 4) is 22.5 Å². The van der Waals surface area contributed by atoms with Crippen LogP contribution in [-0.2, 0) is 19.6 Å². The summed E-state index contributed by atoms with van der Waals surface area (Å²) in [6.07, 6.45) is 2.11. The molecule has 0 spiro atoms. The fraction of sp³-hybridized carbons (Fsp3) is 0.160. The van der Waals surface area contributed by atoms with Crippen LogP contribution in [0.15, 0.2) is 60.9 Å². The first kappa shape index (κ1) is 22.6. The highest BCUT2D eigenvalue weighted by Gasteiger charge is 2.28. The zero-order chi connectivity index (χ0) is 25.5. The molecule has 0 atom stereocenters. The number of anilines is 1. The van der Waals surface area contributed by atoms with Crippen molar-refractivity contribution in [2.45, 2.75) is 19.6 Å². The molecular weight excluding hydrogens is 482 g/mol. The largest absolute Gasteiger partial charge is 0.465 e. The standard InChI is InChI=1S/C25H20F2N8O2/c26-17-3-1-16(2-4-17)24-23(19-13-33(25(36)37)9-10-34(19)32-24)18-5-6-22-30-21(14-35(22)31-18)29-12-15-7-8-28-20(27)11-15/h1-8,11,14,29H,9-10,12-13H2,(H,36,37). The van der Waals surface area contributed by atoms with Gasteiger partial charge in [-0.15, -0.1) is 0 Å². The van der Waals surface area contributed by atoms with Gasteiger partial charge in [0.05, 0.1) is 36.2 Å². The highest BCUT2D eigenvalue weighted by molar-refractivity contribution is 5.82. The number of nitrogens with one attached hydrogen (secondary N) is 1. The number of amides is 1. The number of hydrogen-bond donors (Lipinski definition) is 2. The molecule has 6 rings (SSSR count). The smallest absolute Gasteiger partial charge is 0.407 e. The third-order valence-electron chi connectivity index (χ3n) is 6.21. The number of halogens is 2. The number of pyridine rings is 1. The van der Waals surface area contributed by atoms with Crippen LogP contribution in [0.4, 0.5) is 19.4 Å². The molecule has 37 heavy (non-hydrogen) atoms. The van der Waals surface area contributed by atoms with Gasteiger partial charge in [-0.25, -0.2) is 23.7 Å². The monoisotopic (exact) mass is 502 g/mol. The number of benzene rings is 1. The molecule has 0 fully saturated rings. The van der Waals surface area contributed by atoms with E-state index in [0.29, 0.717) is 59.3 Å². The summed E-state index contributed by atoms with van der Waals surface area (Å²) >= 11 is 0. The number of carbonyl (C=O) groups is 1. The van der Waals surface area contributed by atoms with Gasteiger partial charge < -0.3 is 15.3 Å². The van der Waals surface area contributed by atoms with Crippen molar-refractivity contribution in [1.29, 1.82) is 0 Å². The molecular formula is C25H20F2N8O2. The molecule has 0 unspecified atom stereocenters. The maximum Gasteiger partial charge on any atom is 0.407 e. The minimum Gasteiger partial charge on any atom is -0.465 e. The van der Waals surface area contributed by atoms with E-state index in [-0.39, 0.29) is 12.4 Å². The number of fused-ring (bicyclic) bond motifs is 2. The van der Waals surface area contributed by atoms with Gasteiger partial charge >= 0.3 is 6.09 Å². The van der Waals surface area contributed by atoms with E-state index in [0.717, 1.165) is 5.56 Å². The molecule has 0 saturated carbocycles. The first-order valence-corrected chi connectivity index (χ1v) is 11.5. The lowest BCUT2D eigenvalue weighted by Gasteiger charge is -2.25. The van der Waals surface area contributed by atoms with Gasteiger partial charge in [0.1, 0.15) is 17.3 Å². The molecule has 10 nitrogen and oxygen atoms in total. The van der Waals surface area contributed by atoms with Gasteiger partial charge in [0.25, 0.3) is 0 Å². The maximum atomic E-state index is 13.6. The molecule has 12 heteroatoms. The predicted molar refractivity (Wildman–Crippen MR) is 130 cm³/mol. The molecule has 4 aromatic heterocycles. The molecule has 1 amide bonds. The SMILES string of the molecule is O=C(O)N1CCn2nc(-c3ccc(F)cc3)c(-c3ccc4nc(NCc5ccnc(F)c5)cn4n3)c2C1. The number of imidazole rings is 1. The molecule has 1 aliphatic heterocycles. The maximum absolute atomic E-state index is 13.6. The highest BCUT2D eigenvalue weighted by Crippen LogP contribution is 2.36. The summed E-state index contributed by atoms with van der Waals surface area (Å²) in [5.41, 5.74) is 4.54. The predicted octanol–water partition coefficient (Wildman–Crippen LogP) is 4.04. The van der Waals surface area contributed by atoms with Crippen LogP contribution in [0.1, 0.15) is 11.3 Å². The van der Waals surface area contributed by atoms with Crippen molar-refractivity contribution in [2.75, 3.05) is 11.9 Å². The summed E-state index contributed by atoms with van der Waals surface area (Å²) < 4.78 is 30.4. The average Bonchev–Trinajstić information content (AvgIpc) is 3.48. The first-order valence-electron chi connectivity index (χ1n) is 11.5. The van der Waals surface area contributed by atoms with E-state index in [2.05, 4.69) is 15.3 Å². The summed E-state index contributed by atoms with van der Waals surface area (Å²) in [6, 6.07) is 12.7. The van der Waals surface area contributed by atoms with E-state index in [1.54, 1.807) is 45.7 Å². The summed E-state index contributed by atoms with van der Waals surface area (Å²) in [4.78, 5) is 21.1. The van der Waals surface area contributed by atoms with Crippen LogP contribution >= 0.6 is 0 Å². The minimum atomic E-state index is -1.01. The summed E-state index contributed by atoms with van der Waals surface area (Å²) in [5, 5.41) is 22.2. The molecule has 0 bridgehead atoms. The van der Waals surface area contributed by atoms with E-state index >= 15 is 0 Å². The van der Waals surface area contributed by atoms with Crippen LogP contribution in [0.3, 0.4) is 0 Å². The van der Waals surface area contributed by atoms with Gasteiger partial charge in [0.2, 0.25) is 5.95 Å². The normalized spacial score (nSPS) is 13.1. The van der Waals surface area contributed by atoms with Crippen molar-refractivity contribution >= 4 is 17.6 Å². The Bertz CT molecular complexity index is 1630. The Hall–Kier alpha value is -4.87. The van der Waals surface area contributed by atoms with E-state index < -0.39 is 12.0 Å². The lowest BCUT2D eigenvalue weighted by atomic mass is 10.0. The number of hydrogen-bond acceptors (Lipinski definition) is 6. The van der Waals surface area contributed by atoms with Crippen molar-refractivity contribution in [3.05, 3.63) is 83.9 Å². The Morgan fingerprint density at radius 3 is 2.68 bits per heavy atom. The molecule has 2 N–H and O–H groups in total. The van der Waals surface area contributed by atoms with Gasteiger partial charge in [-0.05, 0) is 54.1 Å². The summed E-state index contributed by atoms with van der Waals surface area (Å²) in [7, 11) is 0. The number of rotatable bonds is 5. The van der Waals surface area contributed by atoms with E-state index in [1.807, 2.05) is 0 Å². The first-order chi connectivity index (χ1) is 17.9. The topological polar surface area (TPSA) is 113 Å². The van der Waals surface area contributed by atoms with Gasteiger partial charge in [0.15, 0.2) is 5.65 Å². The van der Waals surface area contributed by atoms with Crippen molar-refractivity contribution < 1.29 is 18.7 Å². The second-order valence-corrected chi connectivity index (χ2v) is 8.59. The summed E-state index contributed by atoms with van der Waals surface area (Å²) in [5.74, 6) is -0.364. The number of nitrogens with zero attached hydrogens (tertiary/aromatic N) is 7. The molecule has 0 radical (unpaired) electrons. The Morgan fingerprint density at radius 2 is 1.89 bits per heavy atom.